The van der Waals surface area contributed by atoms with Gasteiger partial charge in [0.1, 0.15) is 18.5 Å². The Morgan fingerprint density at radius 3 is 2.59 bits per heavy atom. The first-order valence-electron chi connectivity index (χ1n) is 7.13. The van der Waals surface area contributed by atoms with Crippen molar-refractivity contribution in [3.8, 4) is 16.9 Å². The number of rotatable bonds is 4. The molecule has 2 aromatic rings. The summed E-state index contributed by atoms with van der Waals surface area (Å²) in [6.45, 7) is 2.11. The standard InChI is InChI=1S/C17H18O4S/c1-12-6-3-4-8-15(12)16-9-5-7-13-10-14(21-17(13)16)11-20-22(2,18)19/h3-9,14H,10-11H2,1-2H3. The van der Waals surface area contributed by atoms with Crippen molar-refractivity contribution in [1.82, 2.24) is 0 Å². The van der Waals surface area contributed by atoms with Crippen molar-refractivity contribution >= 4 is 10.1 Å². The van der Waals surface area contributed by atoms with Gasteiger partial charge in [0, 0.05) is 12.0 Å². The minimum absolute atomic E-state index is 0.0424. The van der Waals surface area contributed by atoms with Crippen LogP contribution >= 0.6 is 0 Å². The largest absolute Gasteiger partial charge is 0.487 e. The van der Waals surface area contributed by atoms with Gasteiger partial charge in [-0.1, -0.05) is 42.5 Å². The third-order valence-electron chi connectivity index (χ3n) is 3.73. The van der Waals surface area contributed by atoms with Crippen LogP contribution in [0, 0.1) is 6.92 Å². The zero-order valence-corrected chi connectivity index (χ0v) is 13.4. The van der Waals surface area contributed by atoms with Gasteiger partial charge in [-0.15, -0.1) is 0 Å². The highest BCUT2D eigenvalue weighted by atomic mass is 32.2. The minimum atomic E-state index is -3.45. The van der Waals surface area contributed by atoms with Crippen molar-refractivity contribution in [2.75, 3.05) is 12.9 Å². The molecule has 0 aromatic heterocycles. The van der Waals surface area contributed by atoms with Gasteiger partial charge in [0.05, 0.1) is 6.26 Å². The zero-order chi connectivity index (χ0) is 15.7. The molecule has 0 bridgehead atoms. The lowest BCUT2D eigenvalue weighted by molar-refractivity contribution is 0.153. The molecule has 0 saturated carbocycles. The van der Waals surface area contributed by atoms with E-state index >= 15 is 0 Å². The first-order chi connectivity index (χ1) is 10.4. The molecular formula is C17H18O4S. The van der Waals surface area contributed by atoms with Crippen LogP contribution in [0.5, 0.6) is 5.75 Å². The van der Waals surface area contributed by atoms with E-state index in [2.05, 4.69) is 19.1 Å². The van der Waals surface area contributed by atoms with Crippen molar-refractivity contribution in [2.24, 2.45) is 0 Å². The maximum atomic E-state index is 11.1. The smallest absolute Gasteiger partial charge is 0.264 e. The fraction of sp³-hybridized carbons (Fsp3) is 0.294. The highest BCUT2D eigenvalue weighted by Gasteiger charge is 2.27. The number of ether oxygens (including phenoxy) is 1. The van der Waals surface area contributed by atoms with Crippen LogP contribution in [0.2, 0.25) is 0 Å². The molecule has 1 atom stereocenters. The molecule has 1 unspecified atom stereocenters. The fourth-order valence-electron chi connectivity index (χ4n) is 2.72. The van der Waals surface area contributed by atoms with Gasteiger partial charge in [-0.25, -0.2) is 0 Å². The summed E-state index contributed by atoms with van der Waals surface area (Å²) in [6.07, 6.45) is 1.44. The molecule has 0 spiro atoms. The molecule has 1 heterocycles. The Morgan fingerprint density at radius 2 is 1.86 bits per heavy atom. The zero-order valence-electron chi connectivity index (χ0n) is 12.6. The highest BCUT2D eigenvalue weighted by molar-refractivity contribution is 7.85. The molecule has 0 N–H and O–H groups in total. The molecule has 0 amide bonds. The van der Waals surface area contributed by atoms with Gasteiger partial charge < -0.3 is 4.74 Å². The van der Waals surface area contributed by atoms with E-state index in [0.29, 0.717) is 6.42 Å². The lowest BCUT2D eigenvalue weighted by Gasteiger charge is -2.13. The number of para-hydroxylation sites is 1. The summed E-state index contributed by atoms with van der Waals surface area (Å²) in [4.78, 5) is 0. The highest BCUT2D eigenvalue weighted by Crippen LogP contribution is 2.39. The second kappa shape index (κ2) is 5.74. The number of fused-ring (bicyclic) bond motifs is 1. The second-order valence-electron chi connectivity index (χ2n) is 5.54. The average Bonchev–Trinajstić information content (AvgIpc) is 2.88. The Labute approximate surface area is 130 Å². The molecule has 3 rings (SSSR count). The van der Waals surface area contributed by atoms with Crippen LogP contribution in [0.1, 0.15) is 11.1 Å². The molecule has 1 aliphatic rings. The molecule has 0 aliphatic carbocycles. The van der Waals surface area contributed by atoms with Crippen LogP contribution in [0.25, 0.3) is 11.1 Å². The predicted molar refractivity (Wildman–Crippen MR) is 85.5 cm³/mol. The molecule has 0 fully saturated rings. The Hall–Kier alpha value is -1.85. The summed E-state index contributed by atoms with van der Waals surface area (Å²) >= 11 is 0. The minimum Gasteiger partial charge on any atom is -0.487 e. The van der Waals surface area contributed by atoms with Crippen LogP contribution in [-0.2, 0) is 20.7 Å². The van der Waals surface area contributed by atoms with Crippen LogP contribution in [-0.4, -0.2) is 27.4 Å². The third kappa shape index (κ3) is 3.15. The molecule has 4 nitrogen and oxygen atoms in total. The third-order valence-corrected chi connectivity index (χ3v) is 4.30. The summed E-state index contributed by atoms with van der Waals surface area (Å²) in [7, 11) is -3.45. The number of aryl methyl sites for hydroxylation is 1. The second-order valence-corrected chi connectivity index (χ2v) is 7.19. The monoisotopic (exact) mass is 318 g/mol. The lowest BCUT2D eigenvalue weighted by atomic mass is 9.97. The predicted octanol–water partition coefficient (Wildman–Crippen LogP) is 2.94. The number of benzene rings is 2. The van der Waals surface area contributed by atoms with E-state index < -0.39 is 10.1 Å². The van der Waals surface area contributed by atoms with E-state index in [1.807, 2.05) is 30.3 Å². The van der Waals surface area contributed by atoms with Gasteiger partial charge in [-0.2, -0.15) is 8.42 Å². The van der Waals surface area contributed by atoms with E-state index in [1.165, 1.54) is 5.56 Å². The molecule has 0 saturated heterocycles. The summed E-state index contributed by atoms with van der Waals surface area (Å²) in [5, 5.41) is 0. The SMILES string of the molecule is Cc1ccccc1-c1cccc2c1OC(COS(C)(=O)=O)C2. The van der Waals surface area contributed by atoms with E-state index in [1.54, 1.807) is 0 Å². The quantitative estimate of drug-likeness (QED) is 0.813. The van der Waals surface area contributed by atoms with Crippen molar-refractivity contribution in [3.63, 3.8) is 0 Å². The summed E-state index contributed by atoms with van der Waals surface area (Å²) in [6, 6.07) is 14.2. The van der Waals surface area contributed by atoms with E-state index in [0.717, 1.165) is 28.7 Å². The summed E-state index contributed by atoms with van der Waals surface area (Å²) < 4.78 is 33.0. The van der Waals surface area contributed by atoms with Gasteiger partial charge in [0.25, 0.3) is 10.1 Å². The molecule has 2 aromatic carbocycles. The summed E-state index contributed by atoms with van der Waals surface area (Å²) in [5.41, 5.74) is 4.43. The fourth-order valence-corrected chi connectivity index (χ4v) is 3.12. The average molecular weight is 318 g/mol. The maximum absolute atomic E-state index is 11.1. The topological polar surface area (TPSA) is 52.6 Å². The Morgan fingerprint density at radius 1 is 1.14 bits per heavy atom. The molecule has 22 heavy (non-hydrogen) atoms. The molecular weight excluding hydrogens is 300 g/mol. The summed E-state index contributed by atoms with van der Waals surface area (Å²) in [5.74, 6) is 0.832. The van der Waals surface area contributed by atoms with Crippen molar-refractivity contribution < 1.29 is 17.3 Å². The van der Waals surface area contributed by atoms with Crippen molar-refractivity contribution in [3.05, 3.63) is 53.6 Å². The van der Waals surface area contributed by atoms with Gasteiger partial charge >= 0.3 is 0 Å². The van der Waals surface area contributed by atoms with Crippen molar-refractivity contribution in [2.45, 2.75) is 19.4 Å². The maximum Gasteiger partial charge on any atom is 0.264 e. The lowest BCUT2D eigenvalue weighted by Crippen LogP contribution is -2.22. The Kier molecular flexibility index (Phi) is 3.93. The normalized spacial score (nSPS) is 17.1. The van der Waals surface area contributed by atoms with Crippen LogP contribution in [0.4, 0.5) is 0 Å². The van der Waals surface area contributed by atoms with E-state index in [-0.39, 0.29) is 12.7 Å². The molecule has 116 valence electrons. The van der Waals surface area contributed by atoms with Crippen LogP contribution in [0.15, 0.2) is 42.5 Å². The Balaban J connectivity index is 1.88. The molecule has 1 aliphatic heterocycles. The van der Waals surface area contributed by atoms with Gasteiger partial charge in [-0.3, -0.25) is 4.18 Å². The Bertz CT molecular complexity index is 796. The van der Waals surface area contributed by atoms with Gasteiger partial charge in [0.2, 0.25) is 0 Å². The molecule has 5 heteroatoms. The van der Waals surface area contributed by atoms with Gasteiger partial charge in [0.15, 0.2) is 0 Å². The molecule has 0 radical (unpaired) electrons. The van der Waals surface area contributed by atoms with Crippen molar-refractivity contribution in [1.29, 1.82) is 0 Å². The van der Waals surface area contributed by atoms with E-state index in [9.17, 15) is 8.42 Å². The van der Waals surface area contributed by atoms with Crippen LogP contribution < -0.4 is 4.74 Å². The first kappa shape index (κ1) is 15.1. The van der Waals surface area contributed by atoms with E-state index in [4.69, 9.17) is 8.92 Å². The van der Waals surface area contributed by atoms with Crippen LogP contribution in [0.3, 0.4) is 0 Å². The number of hydrogen-bond donors (Lipinski definition) is 0. The van der Waals surface area contributed by atoms with Gasteiger partial charge in [-0.05, 0) is 23.6 Å². The first-order valence-corrected chi connectivity index (χ1v) is 8.94. The number of hydrogen-bond acceptors (Lipinski definition) is 4.